The van der Waals surface area contributed by atoms with Gasteiger partial charge in [0, 0.05) is 25.0 Å². The minimum absolute atomic E-state index is 0.460. The fourth-order valence-corrected chi connectivity index (χ4v) is 1.54. The first-order valence-corrected chi connectivity index (χ1v) is 5.59. The van der Waals surface area contributed by atoms with E-state index in [2.05, 4.69) is 10.3 Å². The third-order valence-electron chi connectivity index (χ3n) is 2.51. The number of aliphatic hydroxyl groups is 1. The second kappa shape index (κ2) is 5.61. The van der Waals surface area contributed by atoms with Crippen molar-refractivity contribution in [3.63, 3.8) is 0 Å². The average Bonchev–Trinajstić information content (AvgIpc) is 2.85. The van der Waals surface area contributed by atoms with Gasteiger partial charge in [0.15, 0.2) is 0 Å². The van der Waals surface area contributed by atoms with Crippen LogP contribution in [-0.4, -0.2) is 16.6 Å². The molecule has 0 saturated heterocycles. The lowest BCUT2D eigenvalue weighted by atomic mass is 10.2. The van der Waals surface area contributed by atoms with E-state index in [1.54, 1.807) is 18.4 Å². The Bertz CT molecular complexity index is 437. The summed E-state index contributed by atoms with van der Waals surface area (Å²) in [4.78, 5) is 4.21. The van der Waals surface area contributed by atoms with E-state index in [-0.39, 0.29) is 0 Å². The molecule has 2 rings (SSSR count). The molecule has 4 nitrogen and oxygen atoms in total. The average molecular weight is 232 g/mol. The number of aromatic nitrogens is 1. The van der Waals surface area contributed by atoms with Gasteiger partial charge in [-0.1, -0.05) is 6.07 Å². The summed E-state index contributed by atoms with van der Waals surface area (Å²) in [7, 11) is 0. The highest BCUT2D eigenvalue weighted by Gasteiger charge is 2.09. The Morgan fingerprint density at radius 1 is 1.41 bits per heavy atom. The summed E-state index contributed by atoms with van der Waals surface area (Å²) in [6, 6.07) is 7.52. The van der Waals surface area contributed by atoms with E-state index in [4.69, 9.17) is 4.42 Å². The predicted octanol–water partition coefficient (Wildman–Crippen LogP) is 1.81. The first kappa shape index (κ1) is 11.8. The first-order valence-electron chi connectivity index (χ1n) is 5.59. The van der Waals surface area contributed by atoms with Crippen molar-refractivity contribution in [1.29, 1.82) is 0 Å². The molecule has 0 fully saturated rings. The third kappa shape index (κ3) is 3.41. The predicted molar refractivity (Wildman–Crippen MR) is 64.3 cm³/mol. The number of rotatable bonds is 5. The van der Waals surface area contributed by atoms with E-state index in [9.17, 15) is 5.11 Å². The highest BCUT2D eigenvalue weighted by atomic mass is 16.4. The second-order valence-electron chi connectivity index (χ2n) is 3.97. The van der Waals surface area contributed by atoms with Gasteiger partial charge in [-0.05, 0) is 30.7 Å². The summed E-state index contributed by atoms with van der Waals surface area (Å²) in [6.45, 7) is 3.10. The topological polar surface area (TPSA) is 58.3 Å². The maximum absolute atomic E-state index is 9.76. The van der Waals surface area contributed by atoms with E-state index in [1.807, 2.05) is 25.3 Å². The zero-order chi connectivity index (χ0) is 12.1. The number of hydrogen-bond acceptors (Lipinski definition) is 4. The van der Waals surface area contributed by atoms with Crippen molar-refractivity contribution in [1.82, 2.24) is 10.3 Å². The van der Waals surface area contributed by atoms with Crippen LogP contribution in [0.15, 0.2) is 41.1 Å². The van der Waals surface area contributed by atoms with Crippen molar-refractivity contribution >= 4 is 0 Å². The van der Waals surface area contributed by atoms with Crippen LogP contribution in [0, 0.1) is 6.92 Å². The minimum Gasteiger partial charge on any atom is -0.467 e. The second-order valence-corrected chi connectivity index (χ2v) is 3.97. The fraction of sp³-hybridized carbons (Fsp3) is 0.308. The smallest absolute Gasteiger partial charge is 0.133 e. The van der Waals surface area contributed by atoms with Gasteiger partial charge in [0.2, 0.25) is 0 Å². The van der Waals surface area contributed by atoms with Gasteiger partial charge in [0.25, 0.3) is 0 Å². The number of furan rings is 1. The quantitative estimate of drug-likeness (QED) is 0.825. The highest BCUT2D eigenvalue weighted by molar-refractivity contribution is 5.12. The monoisotopic (exact) mass is 232 g/mol. The van der Waals surface area contributed by atoms with Crippen LogP contribution in [0.4, 0.5) is 0 Å². The van der Waals surface area contributed by atoms with Gasteiger partial charge in [-0.25, -0.2) is 0 Å². The molecule has 17 heavy (non-hydrogen) atoms. The van der Waals surface area contributed by atoms with E-state index in [1.165, 1.54) is 0 Å². The molecule has 0 aliphatic rings. The Labute approximate surface area is 100 Å². The molecule has 0 aromatic carbocycles. The molecule has 4 heteroatoms. The van der Waals surface area contributed by atoms with Crippen LogP contribution >= 0.6 is 0 Å². The van der Waals surface area contributed by atoms with Gasteiger partial charge in [-0.2, -0.15) is 0 Å². The van der Waals surface area contributed by atoms with Crippen LogP contribution < -0.4 is 5.32 Å². The number of pyridine rings is 1. The maximum Gasteiger partial charge on any atom is 0.133 e. The lowest BCUT2D eigenvalue weighted by molar-refractivity contribution is 0.147. The van der Waals surface area contributed by atoms with Crippen molar-refractivity contribution in [2.75, 3.05) is 6.54 Å². The fourth-order valence-electron chi connectivity index (χ4n) is 1.54. The standard InChI is InChI=1S/C13H16N2O2/c1-10-4-5-11(8-15-10)7-14-9-12(16)13-3-2-6-17-13/h2-6,8,12,14,16H,7,9H2,1H3. The van der Waals surface area contributed by atoms with E-state index in [0.717, 1.165) is 11.3 Å². The maximum atomic E-state index is 9.76. The van der Waals surface area contributed by atoms with Gasteiger partial charge in [0.05, 0.1) is 6.26 Å². The number of nitrogens with one attached hydrogen (secondary N) is 1. The molecule has 1 atom stereocenters. The molecule has 0 bridgehead atoms. The molecule has 0 aliphatic carbocycles. The molecule has 2 N–H and O–H groups in total. The summed E-state index contributed by atoms with van der Waals surface area (Å²) < 4.78 is 5.11. The van der Waals surface area contributed by atoms with Crippen molar-refractivity contribution in [2.45, 2.75) is 19.6 Å². The number of aliphatic hydroxyl groups excluding tert-OH is 1. The molecule has 2 aromatic rings. The van der Waals surface area contributed by atoms with Gasteiger partial charge >= 0.3 is 0 Å². The van der Waals surface area contributed by atoms with Gasteiger partial charge < -0.3 is 14.8 Å². The molecular weight excluding hydrogens is 216 g/mol. The molecule has 1 unspecified atom stereocenters. The van der Waals surface area contributed by atoms with E-state index >= 15 is 0 Å². The Balaban J connectivity index is 1.78. The lowest BCUT2D eigenvalue weighted by Crippen LogP contribution is -2.20. The molecule has 0 saturated carbocycles. The van der Waals surface area contributed by atoms with Crippen LogP contribution in [-0.2, 0) is 6.54 Å². The van der Waals surface area contributed by atoms with Gasteiger partial charge in [-0.15, -0.1) is 0 Å². The van der Waals surface area contributed by atoms with Crippen LogP contribution in [0.5, 0.6) is 0 Å². The SMILES string of the molecule is Cc1ccc(CNCC(O)c2ccco2)cn1. The van der Waals surface area contributed by atoms with E-state index in [0.29, 0.717) is 18.8 Å². The highest BCUT2D eigenvalue weighted by Crippen LogP contribution is 2.11. The zero-order valence-electron chi connectivity index (χ0n) is 9.76. The summed E-state index contributed by atoms with van der Waals surface area (Å²) in [5.74, 6) is 0.583. The van der Waals surface area contributed by atoms with Gasteiger partial charge in [0.1, 0.15) is 11.9 Å². The van der Waals surface area contributed by atoms with E-state index < -0.39 is 6.10 Å². The molecular formula is C13H16N2O2. The molecule has 0 amide bonds. The Morgan fingerprint density at radius 2 is 2.29 bits per heavy atom. The first-order chi connectivity index (χ1) is 8.25. The van der Waals surface area contributed by atoms with Crippen LogP contribution in [0.2, 0.25) is 0 Å². The summed E-state index contributed by atoms with van der Waals surface area (Å²) in [5, 5.41) is 12.9. The molecule has 2 heterocycles. The normalized spacial score (nSPS) is 12.6. The summed E-state index contributed by atoms with van der Waals surface area (Å²) in [5.41, 5.74) is 2.10. The summed E-state index contributed by atoms with van der Waals surface area (Å²) >= 11 is 0. The molecule has 0 radical (unpaired) electrons. The van der Waals surface area contributed by atoms with Crippen LogP contribution in [0.3, 0.4) is 0 Å². The van der Waals surface area contributed by atoms with Crippen LogP contribution in [0.1, 0.15) is 23.1 Å². The Kier molecular flexibility index (Phi) is 3.90. The van der Waals surface area contributed by atoms with Crippen molar-refractivity contribution in [2.24, 2.45) is 0 Å². The molecule has 0 spiro atoms. The Hall–Kier alpha value is -1.65. The molecule has 0 aliphatic heterocycles. The number of hydrogen-bond donors (Lipinski definition) is 2. The largest absolute Gasteiger partial charge is 0.467 e. The number of aryl methyl sites for hydroxylation is 1. The number of nitrogens with zero attached hydrogens (tertiary/aromatic N) is 1. The lowest BCUT2D eigenvalue weighted by Gasteiger charge is -2.09. The van der Waals surface area contributed by atoms with Crippen molar-refractivity contribution in [3.8, 4) is 0 Å². The minimum atomic E-state index is -0.608. The Morgan fingerprint density at radius 3 is 2.94 bits per heavy atom. The molecule has 90 valence electrons. The molecule has 2 aromatic heterocycles. The van der Waals surface area contributed by atoms with Crippen molar-refractivity contribution < 1.29 is 9.52 Å². The third-order valence-corrected chi connectivity index (χ3v) is 2.51. The summed E-state index contributed by atoms with van der Waals surface area (Å²) in [6.07, 6.45) is 2.78. The van der Waals surface area contributed by atoms with Crippen LogP contribution in [0.25, 0.3) is 0 Å². The zero-order valence-corrected chi connectivity index (χ0v) is 9.76. The van der Waals surface area contributed by atoms with Gasteiger partial charge in [-0.3, -0.25) is 4.98 Å². The van der Waals surface area contributed by atoms with Crippen molar-refractivity contribution in [3.05, 3.63) is 53.7 Å².